The van der Waals surface area contributed by atoms with Crippen LogP contribution in [0.1, 0.15) is 18.9 Å². The highest BCUT2D eigenvalue weighted by molar-refractivity contribution is 7.99. The number of ether oxygens (including phenoxy) is 2. The van der Waals surface area contributed by atoms with Gasteiger partial charge < -0.3 is 14.8 Å². The Morgan fingerprint density at radius 1 is 1.08 bits per heavy atom. The molecule has 0 aliphatic rings. The van der Waals surface area contributed by atoms with E-state index in [-0.39, 0.29) is 11.2 Å². The van der Waals surface area contributed by atoms with Crippen LogP contribution in [0.5, 0.6) is 11.5 Å². The molecule has 1 amide bonds. The molecule has 2 aromatic carbocycles. The van der Waals surface area contributed by atoms with Crippen LogP contribution >= 0.6 is 11.8 Å². The van der Waals surface area contributed by atoms with E-state index >= 15 is 0 Å². The number of carbonyl (C=O) groups excluding carboxylic acids is 1. The van der Waals surface area contributed by atoms with E-state index < -0.39 is 0 Å². The first kappa shape index (κ1) is 18.2. The smallest absolute Gasteiger partial charge is 0.237 e. The second kappa shape index (κ2) is 9.23. The Kier molecular flexibility index (Phi) is 7.00. The molecule has 2 rings (SSSR count). The summed E-state index contributed by atoms with van der Waals surface area (Å²) >= 11 is 1.65. The summed E-state index contributed by atoms with van der Waals surface area (Å²) in [5.41, 5.74) is 1.90. The standard InChI is InChI=1S/C19H23NO3S/c1-4-18(24-13-14-8-6-5-7-9-14)19(21)20-15-10-16(22-2)12-17(11-15)23-3/h5-12,18H,4,13H2,1-3H3,(H,20,21). The monoisotopic (exact) mass is 345 g/mol. The van der Waals surface area contributed by atoms with Crippen molar-refractivity contribution in [2.24, 2.45) is 0 Å². The Balaban J connectivity index is 2.01. The molecule has 4 nitrogen and oxygen atoms in total. The van der Waals surface area contributed by atoms with Crippen LogP contribution in [-0.4, -0.2) is 25.4 Å². The fourth-order valence-electron chi connectivity index (χ4n) is 2.25. The van der Waals surface area contributed by atoms with Gasteiger partial charge in [0.1, 0.15) is 11.5 Å². The first-order valence-electron chi connectivity index (χ1n) is 7.85. The maximum absolute atomic E-state index is 12.6. The van der Waals surface area contributed by atoms with Gasteiger partial charge in [0.2, 0.25) is 5.91 Å². The van der Waals surface area contributed by atoms with Crippen molar-refractivity contribution in [1.29, 1.82) is 0 Å². The fraction of sp³-hybridized carbons (Fsp3) is 0.316. The first-order valence-corrected chi connectivity index (χ1v) is 8.90. The molecule has 24 heavy (non-hydrogen) atoms. The Hall–Kier alpha value is -2.14. The number of hydrogen-bond acceptors (Lipinski definition) is 4. The number of thioether (sulfide) groups is 1. The molecule has 5 heteroatoms. The van der Waals surface area contributed by atoms with Gasteiger partial charge in [0.25, 0.3) is 0 Å². The van der Waals surface area contributed by atoms with Gasteiger partial charge in [-0.2, -0.15) is 0 Å². The van der Waals surface area contributed by atoms with Crippen molar-refractivity contribution in [2.75, 3.05) is 19.5 Å². The van der Waals surface area contributed by atoms with Gasteiger partial charge in [-0.1, -0.05) is 37.3 Å². The molecule has 0 aliphatic carbocycles. The van der Waals surface area contributed by atoms with Crippen LogP contribution in [0.2, 0.25) is 0 Å². The van der Waals surface area contributed by atoms with Crippen LogP contribution in [-0.2, 0) is 10.5 Å². The highest BCUT2D eigenvalue weighted by Gasteiger charge is 2.17. The summed E-state index contributed by atoms with van der Waals surface area (Å²) < 4.78 is 10.5. The largest absolute Gasteiger partial charge is 0.497 e. The maximum Gasteiger partial charge on any atom is 0.237 e. The molecule has 0 fully saturated rings. The van der Waals surface area contributed by atoms with Gasteiger partial charge in [-0.15, -0.1) is 11.8 Å². The lowest BCUT2D eigenvalue weighted by Crippen LogP contribution is -2.24. The highest BCUT2D eigenvalue weighted by Crippen LogP contribution is 2.27. The van der Waals surface area contributed by atoms with Crippen LogP contribution in [0.25, 0.3) is 0 Å². The van der Waals surface area contributed by atoms with E-state index in [1.807, 2.05) is 25.1 Å². The van der Waals surface area contributed by atoms with Crippen molar-refractivity contribution < 1.29 is 14.3 Å². The van der Waals surface area contributed by atoms with Gasteiger partial charge in [-0.05, 0) is 12.0 Å². The molecule has 0 bridgehead atoms. The zero-order chi connectivity index (χ0) is 17.4. The van der Waals surface area contributed by atoms with E-state index in [1.54, 1.807) is 44.2 Å². The van der Waals surface area contributed by atoms with Gasteiger partial charge >= 0.3 is 0 Å². The topological polar surface area (TPSA) is 47.6 Å². The number of carbonyl (C=O) groups is 1. The molecule has 1 unspecified atom stereocenters. The van der Waals surface area contributed by atoms with E-state index in [4.69, 9.17) is 9.47 Å². The molecule has 1 atom stereocenters. The quantitative estimate of drug-likeness (QED) is 0.772. The molecule has 0 saturated heterocycles. The Bertz CT molecular complexity index is 639. The second-order valence-corrected chi connectivity index (χ2v) is 6.48. The number of benzene rings is 2. The lowest BCUT2D eigenvalue weighted by atomic mass is 10.2. The summed E-state index contributed by atoms with van der Waals surface area (Å²) in [5.74, 6) is 2.10. The van der Waals surface area contributed by atoms with E-state index in [2.05, 4.69) is 17.4 Å². The normalized spacial score (nSPS) is 11.6. The number of anilines is 1. The summed E-state index contributed by atoms with van der Waals surface area (Å²) in [6, 6.07) is 15.5. The molecule has 128 valence electrons. The molecular weight excluding hydrogens is 322 g/mol. The third-order valence-corrected chi connectivity index (χ3v) is 5.03. The third-order valence-electron chi connectivity index (χ3n) is 3.58. The molecule has 0 saturated carbocycles. The van der Waals surface area contributed by atoms with Gasteiger partial charge in [-0.25, -0.2) is 0 Å². The van der Waals surface area contributed by atoms with Gasteiger partial charge in [0.05, 0.1) is 19.5 Å². The van der Waals surface area contributed by atoms with Crippen LogP contribution in [0, 0.1) is 0 Å². The van der Waals surface area contributed by atoms with Crippen molar-refractivity contribution in [1.82, 2.24) is 0 Å². The third kappa shape index (κ3) is 5.20. The van der Waals surface area contributed by atoms with Gasteiger partial charge in [0.15, 0.2) is 0 Å². The summed E-state index contributed by atoms with van der Waals surface area (Å²) in [6.07, 6.45) is 0.768. The molecule has 0 radical (unpaired) electrons. The van der Waals surface area contributed by atoms with E-state index in [0.29, 0.717) is 17.2 Å². The fourth-order valence-corrected chi connectivity index (χ4v) is 3.28. The summed E-state index contributed by atoms with van der Waals surface area (Å²) in [5, 5.41) is 2.85. The zero-order valence-electron chi connectivity index (χ0n) is 14.2. The second-order valence-electron chi connectivity index (χ2n) is 5.28. The van der Waals surface area contributed by atoms with Crippen LogP contribution < -0.4 is 14.8 Å². The average Bonchev–Trinajstić information content (AvgIpc) is 2.62. The van der Waals surface area contributed by atoms with E-state index in [0.717, 1.165) is 12.2 Å². The minimum atomic E-state index is -0.109. The lowest BCUT2D eigenvalue weighted by Gasteiger charge is -2.16. The maximum atomic E-state index is 12.6. The number of hydrogen-bond donors (Lipinski definition) is 1. The number of amides is 1. The van der Waals surface area contributed by atoms with Crippen molar-refractivity contribution in [3.63, 3.8) is 0 Å². The highest BCUT2D eigenvalue weighted by atomic mass is 32.2. The van der Waals surface area contributed by atoms with Crippen LogP contribution in [0.3, 0.4) is 0 Å². The predicted octanol–water partition coefficient (Wildman–Crippen LogP) is 4.35. The van der Waals surface area contributed by atoms with Crippen molar-refractivity contribution in [3.05, 3.63) is 54.1 Å². The Labute approximate surface area is 147 Å². The van der Waals surface area contributed by atoms with Crippen LogP contribution in [0.15, 0.2) is 48.5 Å². The minimum absolute atomic E-state index is 0.00580. The molecule has 0 spiro atoms. The number of nitrogens with one attached hydrogen (secondary N) is 1. The van der Waals surface area contributed by atoms with Gasteiger partial charge in [-0.3, -0.25) is 4.79 Å². The summed E-state index contributed by atoms with van der Waals surface area (Å²) in [7, 11) is 3.18. The zero-order valence-corrected chi connectivity index (χ0v) is 15.1. The van der Waals surface area contributed by atoms with Gasteiger partial charge in [0, 0.05) is 29.6 Å². The van der Waals surface area contributed by atoms with Crippen LogP contribution in [0.4, 0.5) is 5.69 Å². The Morgan fingerprint density at radius 3 is 2.25 bits per heavy atom. The molecule has 0 aromatic heterocycles. The van der Waals surface area contributed by atoms with Crippen molar-refractivity contribution in [3.8, 4) is 11.5 Å². The van der Waals surface area contributed by atoms with Crippen molar-refractivity contribution in [2.45, 2.75) is 24.3 Å². The number of methoxy groups -OCH3 is 2. The SMILES string of the molecule is CCC(SCc1ccccc1)C(=O)Nc1cc(OC)cc(OC)c1. The lowest BCUT2D eigenvalue weighted by molar-refractivity contribution is -0.115. The first-order chi connectivity index (χ1) is 11.7. The van der Waals surface area contributed by atoms with Crippen molar-refractivity contribution >= 4 is 23.4 Å². The average molecular weight is 345 g/mol. The minimum Gasteiger partial charge on any atom is -0.497 e. The predicted molar refractivity (Wildman–Crippen MR) is 100.0 cm³/mol. The molecular formula is C19H23NO3S. The van der Waals surface area contributed by atoms with E-state index in [9.17, 15) is 4.79 Å². The molecule has 0 heterocycles. The number of rotatable bonds is 8. The molecule has 0 aliphatic heterocycles. The van der Waals surface area contributed by atoms with E-state index in [1.165, 1.54) is 5.56 Å². The Morgan fingerprint density at radius 2 is 1.71 bits per heavy atom. The summed E-state index contributed by atoms with van der Waals surface area (Å²) in [4.78, 5) is 12.6. The summed E-state index contributed by atoms with van der Waals surface area (Å²) in [6.45, 7) is 2.02. The molecule has 1 N–H and O–H groups in total. The molecule has 2 aromatic rings.